The molecule has 6 aromatic rings. The minimum atomic E-state index is -0.219. The van der Waals surface area contributed by atoms with Crippen LogP contribution in [0.25, 0.3) is 26.0 Å². The third-order valence-corrected chi connectivity index (χ3v) is 8.79. The van der Waals surface area contributed by atoms with Crippen LogP contribution < -0.4 is 22.1 Å². The van der Waals surface area contributed by atoms with Gasteiger partial charge in [0.25, 0.3) is 11.8 Å². The number of aromatic nitrogens is 2. The minimum absolute atomic E-state index is 0.215. The number of nitrogens with zero attached hydrogens (tertiary/aromatic N) is 2. The van der Waals surface area contributed by atoms with Gasteiger partial charge in [0.1, 0.15) is 19.4 Å². The monoisotopic (exact) mass is 656 g/mol. The van der Waals surface area contributed by atoms with Crippen molar-refractivity contribution in [1.82, 2.24) is 9.97 Å². The first kappa shape index (κ1) is 28.9. The fourth-order valence-electron chi connectivity index (χ4n) is 3.96. The second-order valence-corrected chi connectivity index (χ2v) is 12.1. The predicted octanol–water partition coefficient (Wildman–Crippen LogP) is 8.06. The zero-order chi connectivity index (χ0) is 29.8. The summed E-state index contributed by atoms with van der Waals surface area (Å²) in [5, 5.41) is 7.26. The Morgan fingerprint density at radius 3 is 1.69 bits per heavy atom. The molecular weight excluding hydrogens is 632 g/mol. The number of fused-ring (bicyclic) bond motifs is 2. The third kappa shape index (κ3) is 6.33. The van der Waals surface area contributed by atoms with Gasteiger partial charge in [-0.2, -0.15) is 0 Å². The average Bonchev–Trinajstić information content (AvgIpc) is 3.50. The molecule has 0 unspecified atom stereocenters. The third-order valence-electron chi connectivity index (χ3n) is 6.10. The van der Waals surface area contributed by atoms with Crippen molar-refractivity contribution in [3.8, 4) is 0 Å². The van der Waals surface area contributed by atoms with Gasteiger partial charge in [0.15, 0.2) is 0 Å². The number of allylic oxidation sites excluding steroid dienone is 1. The highest BCUT2D eigenvalue weighted by Crippen LogP contribution is 2.35. The lowest BCUT2D eigenvalue weighted by Crippen LogP contribution is -2.11. The van der Waals surface area contributed by atoms with Gasteiger partial charge in [0.2, 0.25) is 0 Å². The molecule has 6 N–H and O–H groups in total. The quantitative estimate of drug-likeness (QED) is 0.148. The molecule has 0 radical (unpaired) electrons. The van der Waals surface area contributed by atoms with Crippen LogP contribution in [0.3, 0.4) is 0 Å². The molecule has 0 aliphatic carbocycles. The zero-order valence-electron chi connectivity index (χ0n) is 22.4. The number of pyridine rings is 2. The van der Waals surface area contributed by atoms with Gasteiger partial charge in [-0.25, -0.2) is 9.97 Å². The first-order valence-electron chi connectivity index (χ1n) is 12.6. The Labute approximate surface area is 258 Å². The number of thiophene rings is 2. The summed E-state index contributed by atoms with van der Waals surface area (Å²) in [7, 11) is 0. The number of halogens is 1. The van der Waals surface area contributed by atoms with Crippen LogP contribution in [-0.4, -0.2) is 21.8 Å². The molecule has 0 fully saturated rings. The van der Waals surface area contributed by atoms with Crippen LogP contribution in [0, 0.1) is 0 Å². The van der Waals surface area contributed by atoms with Crippen molar-refractivity contribution < 1.29 is 9.59 Å². The molecule has 0 aliphatic heterocycles. The number of benzene rings is 2. The fourth-order valence-corrected chi connectivity index (χ4v) is 6.18. The maximum atomic E-state index is 12.4. The highest BCUT2D eigenvalue weighted by molar-refractivity contribution is 9.10. The van der Waals surface area contributed by atoms with Gasteiger partial charge in [0.05, 0.1) is 11.4 Å². The molecule has 0 aliphatic rings. The van der Waals surface area contributed by atoms with Crippen LogP contribution in [0.4, 0.5) is 22.7 Å². The molecule has 6 rings (SSSR count). The smallest absolute Gasteiger partial charge is 0.267 e. The van der Waals surface area contributed by atoms with E-state index in [-0.39, 0.29) is 11.8 Å². The van der Waals surface area contributed by atoms with Gasteiger partial charge in [-0.15, -0.1) is 22.7 Å². The minimum Gasteiger partial charge on any atom is -0.397 e. The summed E-state index contributed by atoms with van der Waals surface area (Å²) >= 11 is 5.94. The van der Waals surface area contributed by atoms with E-state index in [9.17, 15) is 9.59 Å². The molecule has 0 atom stereocenters. The Hall–Kier alpha value is -4.58. The molecule has 2 aromatic carbocycles. The van der Waals surface area contributed by atoms with Gasteiger partial charge in [-0.1, -0.05) is 43.0 Å². The molecule has 210 valence electrons. The van der Waals surface area contributed by atoms with Crippen molar-refractivity contribution in [2.45, 2.75) is 6.92 Å². The second kappa shape index (κ2) is 12.5. The summed E-state index contributed by atoms with van der Waals surface area (Å²) in [6.07, 6.45) is 3.44. The highest BCUT2D eigenvalue weighted by atomic mass is 79.9. The largest absolute Gasteiger partial charge is 0.397 e. The van der Waals surface area contributed by atoms with Crippen LogP contribution >= 0.6 is 38.6 Å². The SMILES string of the molecule is C=C(C)c1cnc2sc(C(=O)Nc3ccccc3)c(N)c2c1.Nc1c(C(=O)Nc2ccccc2)sc2ncc(Br)cc12. The van der Waals surface area contributed by atoms with E-state index in [1.165, 1.54) is 22.7 Å². The number of para-hydroxylation sites is 2. The lowest BCUT2D eigenvalue weighted by molar-refractivity contribution is 0.102. The van der Waals surface area contributed by atoms with E-state index in [1.807, 2.05) is 79.7 Å². The molecule has 8 nitrogen and oxygen atoms in total. The Balaban J connectivity index is 0.000000169. The van der Waals surface area contributed by atoms with Crippen molar-refractivity contribution in [2.24, 2.45) is 0 Å². The molecular formula is C31H25BrN6O2S2. The topological polar surface area (TPSA) is 136 Å². The van der Waals surface area contributed by atoms with Crippen LogP contribution in [0.15, 0.2) is 96.2 Å². The number of amides is 2. The molecule has 11 heteroatoms. The molecule has 0 saturated heterocycles. The van der Waals surface area contributed by atoms with Crippen LogP contribution in [0.2, 0.25) is 0 Å². The number of carbonyl (C=O) groups excluding carboxylic acids is 2. The number of anilines is 4. The highest BCUT2D eigenvalue weighted by Gasteiger charge is 2.19. The molecule has 0 saturated carbocycles. The first-order valence-corrected chi connectivity index (χ1v) is 15.0. The van der Waals surface area contributed by atoms with E-state index in [2.05, 4.69) is 43.1 Å². The first-order chi connectivity index (χ1) is 20.2. The molecule has 42 heavy (non-hydrogen) atoms. The average molecular weight is 658 g/mol. The number of nitrogen functional groups attached to an aromatic ring is 2. The van der Waals surface area contributed by atoms with E-state index in [4.69, 9.17) is 11.5 Å². The van der Waals surface area contributed by atoms with Crippen LogP contribution in [0.5, 0.6) is 0 Å². The molecule has 4 aromatic heterocycles. The predicted molar refractivity (Wildman–Crippen MR) is 179 cm³/mol. The zero-order valence-corrected chi connectivity index (χ0v) is 25.6. The van der Waals surface area contributed by atoms with Crippen molar-refractivity contribution in [1.29, 1.82) is 0 Å². The van der Waals surface area contributed by atoms with Gasteiger partial charge in [-0.3, -0.25) is 9.59 Å². The maximum absolute atomic E-state index is 12.4. The van der Waals surface area contributed by atoms with Crippen LogP contribution in [0.1, 0.15) is 31.8 Å². The van der Waals surface area contributed by atoms with E-state index in [0.29, 0.717) is 21.1 Å². The number of hydrogen-bond acceptors (Lipinski definition) is 8. The van der Waals surface area contributed by atoms with Crippen molar-refractivity contribution in [3.05, 3.63) is 112 Å². The summed E-state index contributed by atoms with van der Waals surface area (Å²) in [4.78, 5) is 35.8. The summed E-state index contributed by atoms with van der Waals surface area (Å²) < 4.78 is 0.838. The number of carbonyl (C=O) groups is 2. The Kier molecular flexibility index (Phi) is 8.62. The second-order valence-electron chi connectivity index (χ2n) is 9.19. The molecule has 4 heterocycles. The Morgan fingerprint density at radius 2 is 1.21 bits per heavy atom. The van der Waals surface area contributed by atoms with Gasteiger partial charge >= 0.3 is 0 Å². The summed E-state index contributed by atoms with van der Waals surface area (Å²) in [5.74, 6) is -0.434. The normalized spacial score (nSPS) is 10.6. The summed E-state index contributed by atoms with van der Waals surface area (Å²) in [5.41, 5.74) is 16.4. The molecule has 0 spiro atoms. The Morgan fingerprint density at radius 1 is 0.762 bits per heavy atom. The van der Waals surface area contributed by atoms with Crippen molar-refractivity contribution in [3.63, 3.8) is 0 Å². The van der Waals surface area contributed by atoms with Gasteiger partial charge in [-0.05, 0) is 70.4 Å². The Bertz CT molecular complexity index is 1940. The van der Waals surface area contributed by atoms with Crippen LogP contribution in [-0.2, 0) is 0 Å². The van der Waals surface area contributed by atoms with E-state index < -0.39 is 0 Å². The van der Waals surface area contributed by atoms with E-state index in [1.54, 1.807) is 12.4 Å². The molecule has 0 bridgehead atoms. The van der Waals surface area contributed by atoms with Crippen molar-refractivity contribution >= 4 is 99.2 Å². The lowest BCUT2D eigenvalue weighted by Gasteiger charge is -2.03. The summed E-state index contributed by atoms with van der Waals surface area (Å²) in [6, 6.07) is 22.4. The number of rotatable bonds is 5. The number of nitrogens with two attached hydrogens (primary N) is 2. The fraction of sp³-hybridized carbons (Fsp3) is 0.0323. The summed E-state index contributed by atoms with van der Waals surface area (Å²) in [6.45, 7) is 5.81. The molecule has 2 amide bonds. The number of nitrogens with one attached hydrogen (secondary N) is 2. The number of hydrogen-bond donors (Lipinski definition) is 4. The lowest BCUT2D eigenvalue weighted by atomic mass is 10.1. The van der Waals surface area contributed by atoms with Gasteiger partial charge in [0, 0.05) is 39.0 Å². The van der Waals surface area contributed by atoms with Crippen molar-refractivity contribution in [2.75, 3.05) is 22.1 Å². The van der Waals surface area contributed by atoms with E-state index in [0.717, 1.165) is 47.4 Å². The standard InChI is InChI=1S/C17H15N3OS.C14H10BrN3OS/c1-10(2)11-8-13-14(18)15(22-17(13)19-9-11)16(21)20-12-6-4-3-5-7-12;15-8-6-10-11(16)12(20-14(10)17-7-8)13(19)18-9-4-2-1-3-5-9/h3-9H,1,18H2,2H3,(H,20,21);1-7H,16H2,(H,18,19). The van der Waals surface area contributed by atoms with Gasteiger partial charge < -0.3 is 22.1 Å². The van der Waals surface area contributed by atoms with E-state index >= 15 is 0 Å². The maximum Gasteiger partial charge on any atom is 0.267 e.